The molecule has 1 N–H and O–H groups in total. The Morgan fingerprint density at radius 3 is 2.15 bits per heavy atom. The molecule has 33 heavy (non-hydrogen) atoms. The number of halogens is 2. The molecule has 2 aromatic rings. The molecule has 1 atom stereocenters. The smallest absolute Gasteiger partial charge is 0.253 e. The van der Waals surface area contributed by atoms with Gasteiger partial charge in [-0.15, -0.1) is 0 Å². The summed E-state index contributed by atoms with van der Waals surface area (Å²) in [7, 11) is 0. The van der Waals surface area contributed by atoms with Gasteiger partial charge in [0.1, 0.15) is 6.04 Å². The molecular weight excluding hydrogens is 461 g/mol. The molecule has 0 spiro atoms. The maximum atomic E-state index is 13.3. The molecule has 1 unspecified atom stereocenters. The van der Waals surface area contributed by atoms with E-state index in [-0.39, 0.29) is 28.5 Å². The normalized spacial score (nSPS) is 14.8. The van der Waals surface area contributed by atoms with Gasteiger partial charge in [0, 0.05) is 42.5 Å². The summed E-state index contributed by atoms with van der Waals surface area (Å²) in [5.41, 5.74) is 2.00. The van der Waals surface area contributed by atoms with Crippen LogP contribution in [-0.4, -0.2) is 54.7 Å². The molecule has 1 aliphatic rings. The molecule has 1 heterocycles. The molecule has 0 saturated carbocycles. The second-order valence-corrected chi connectivity index (χ2v) is 9.54. The minimum Gasteiger partial charge on any atom is -0.368 e. The highest BCUT2D eigenvalue weighted by atomic mass is 35.5. The van der Waals surface area contributed by atoms with E-state index in [1.807, 2.05) is 38.1 Å². The summed E-state index contributed by atoms with van der Waals surface area (Å²) < 4.78 is 0. The highest BCUT2D eigenvalue weighted by molar-refractivity contribution is 6.36. The van der Waals surface area contributed by atoms with Crippen molar-refractivity contribution in [2.45, 2.75) is 33.2 Å². The fourth-order valence-corrected chi connectivity index (χ4v) is 4.41. The number of hydrogen-bond acceptors (Lipinski definition) is 4. The number of carbonyl (C=O) groups is 3. The molecule has 0 aliphatic carbocycles. The number of nitrogens with zero attached hydrogens (tertiary/aromatic N) is 2. The summed E-state index contributed by atoms with van der Waals surface area (Å²) in [5.74, 6) is -0.218. The standard InChI is InChI=1S/C25H29Cl2N3O3/c1-16(2)14-23(28-24(32)21-9-6-19(26)15-22(21)27)25(33)30-12-10-29(11-13-30)20-7-4-18(5-8-20)17(3)31/h4-9,15-16,23H,10-14H2,1-3H3,(H,28,32). The van der Waals surface area contributed by atoms with Gasteiger partial charge in [-0.3, -0.25) is 14.4 Å². The second kappa shape index (κ2) is 11.0. The Morgan fingerprint density at radius 1 is 0.970 bits per heavy atom. The molecule has 1 aliphatic heterocycles. The van der Waals surface area contributed by atoms with Crippen molar-refractivity contribution >= 4 is 46.5 Å². The van der Waals surface area contributed by atoms with Crippen molar-refractivity contribution in [3.8, 4) is 0 Å². The molecular formula is C25H29Cl2N3O3. The van der Waals surface area contributed by atoms with Crippen LogP contribution in [-0.2, 0) is 4.79 Å². The Kier molecular flexibility index (Phi) is 8.38. The van der Waals surface area contributed by atoms with Crippen molar-refractivity contribution in [3.63, 3.8) is 0 Å². The first-order valence-corrected chi connectivity index (χ1v) is 11.8. The number of anilines is 1. The predicted octanol–water partition coefficient (Wildman–Crippen LogP) is 4.69. The third-order valence-electron chi connectivity index (χ3n) is 5.72. The molecule has 1 saturated heterocycles. The van der Waals surface area contributed by atoms with E-state index in [1.54, 1.807) is 24.0 Å². The van der Waals surface area contributed by atoms with Crippen molar-refractivity contribution < 1.29 is 14.4 Å². The van der Waals surface area contributed by atoms with Crippen LogP contribution in [0.25, 0.3) is 0 Å². The lowest BCUT2D eigenvalue weighted by atomic mass is 10.0. The summed E-state index contributed by atoms with van der Waals surface area (Å²) in [5, 5.41) is 3.57. The number of amides is 2. The van der Waals surface area contributed by atoms with Gasteiger partial charge in [0.05, 0.1) is 10.6 Å². The van der Waals surface area contributed by atoms with Crippen LogP contribution < -0.4 is 10.2 Å². The SMILES string of the molecule is CC(=O)c1ccc(N2CCN(C(=O)C(CC(C)C)NC(=O)c3ccc(Cl)cc3Cl)CC2)cc1. The molecule has 2 amide bonds. The van der Waals surface area contributed by atoms with Crippen molar-refractivity contribution in [2.24, 2.45) is 5.92 Å². The van der Waals surface area contributed by atoms with E-state index in [0.717, 1.165) is 5.69 Å². The molecule has 176 valence electrons. The number of nitrogens with one attached hydrogen (secondary N) is 1. The van der Waals surface area contributed by atoms with Gasteiger partial charge in [0.15, 0.2) is 5.78 Å². The molecule has 1 fully saturated rings. The van der Waals surface area contributed by atoms with E-state index >= 15 is 0 Å². The lowest BCUT2D eigenvalue weighted by Crippen LogP contribution is -2.55. The first-order valence-electron chi connectivity index (χ1n) is 11.1. The number of rotatable bonds is 7. The van der Waals surface area contributed by atoms with Gasteiger partial charge >= 0.3 is 0 Å². The van der Waals surface area contributed by atoms with Gasteiger partial charge in [-0.05, 0) is 61.7 Å². The summed E-state index contributed by atoms with van der Waals surface area (Å²) in [6, 6.07) is 11.6. The van der Waals surface area contributed by atoms with Crippen LogP contribution in [0.5, 0.6) is 0 Å². The molecule has 0 radical (unpaired) electrons. The Hall–Kier alpha value is -2.57. The summed E-state index contributed by atoms with van der Waals surface area (Å²) in [4.78, 5) is 41.6. The Morgan fingerprint density at radius 2 is 1.61 bits per heavy atom. The van der Waals surface area contributed by atoms with Crippen molar-refractivity contribution in [1.82, 2.24) is 10.2 Å². The molecule has 6 nitrogen and oxygen atoms in total. The molecule has 0 bridgehead atoms. The Balaban J connectivity index is 1.65. The van der Waals surface area contributed by atoms with Gasteiger partial charge in [0.2, 0.25) is 5.91 Å². The predicted molar refractivity (Wildman–Crippen MR) is 132 cm³/mol. The van der Waals surface area contributed by atoms with E-state index in [9.17, 15) is 14.4 Å². The lowest BCUT2D eigenvalue weighted by Gasteiger charge is -2.38. The maximum Gasteiger partial charge on any atom is 0.253 e. The van der Waals surface area contributed by atoms with E-state index in [4.69, 9.17) is 23.2 Å². The largest absolute Gasteiger partial charge is 0.368 e. The highest BCUT2D eigenvalue weighted by Gasteiger charge is 2.30. The zero-order valence-corrected chi connectivity index (χ0v) is 20.6. The van der Waals surface area contributed by atoms with Crippen molar-refractivity contribution in [1.29, 1.82) is 0 Å². The average Bonchev–Trinajstić information content (AvgIpc) is 2.78. The number of hydrogen-bond donors (Lipinski definition) is 1. The maximum absolute atomic E-state index is 13.3. The van der Waals surface area contributed by atoms with Gasteiger partial charge < -0.3 is 15.1 Å². The van der Waals surface area contributed by atoms with Crippen LogP contribution in [0.1, 0.15) is 47.9 Å². The molecule has 2 aromatic carbocycles. The minimum atomic E-state index is -0.634. The number of ketones is 1. The van der Waals surface area contributed by atoms with Gasteiger partial charge in [0.25, 0.3) is 5.91 Å². The molecule has 3 rings (SSSR count). The van der Waals surface area contributed by atoms with Crippen LogP contribution in [0, 0.1) is 5.92 Å². The third kappa shape index (κ3) is 6.49. The van der Waals surface area contributed by atoms with E-state index < -0.39 is 6.04 Å². The van der Waals surface area contributed by atoms with Crippen molar-refractivity contribution in [2.75, 3.05) is 31.1 Å². The van der Waals surface area contributed by atoms with Gasteiger partial charge in [-0.25, -0.2) is 0 Å². The zero-order chi connectivity index (χ0) is 24.1. The van der Waals surface area contributed by atoms with Crippen LogP contribution in [0.15, 0.2) is 42.5 Å². The number of piperazine rings is 1. The van der Waals surface area contributed by atoms with Crippen LogP contribution >= 0.6 is 23.2 Å². The number of carbonyl (C=O) groups excluding carboxylic acids is 3. The fraction of sp³-hybridized carbons (Fsp3) is 0.400. The van der Waals surface area contributed by atoms with E-state index in [2.05, 4.69) is 10.2 Å². The van der Waals surface area contributed by atoms with Crippen LogP contribution in [0.2, 0.25) is 10.0 Å². The lowest BCUT2D eigenvalue weighted by molar-refractivity contribution is -0.134. The van der Waals surface area contributed by atoms with Crippen molar-refractivity contribution in [3.05, 3.63) is 63.6 Å². The monoisotopic (exact) mass is 489 g/mol. The minimum absolute atomic E-state index is 0.0371. The highest BCUT2D eigenvalue weighted by Crippen LogP contribution is 2.22. The average molecular weight is 490 g/mol. The van der Waals surface area contributed by atoms with Gasteiger partial charge in [-0.1, -0.05) is 37.0 Å². The Labute approximate surface area is 204 Å². The summed E-state index contributed by atoms with van der Waals surface area (Å²) in [6.45, 7) is 8.05. The van der Waals surface area contributed by atoms with E-state index in [0.29, 0.717) is 48.7 Å². The third-order valence-corrected chi connectivity index (χ3v) is 6.26. The molecule has 0 aromatic heterocycles. The van der Waals surface area contributed by atoms with Crippen LogP contribution in [0.3, 0.4) is 0 Å². The summed E-state index contributed by atoms with van der Waals surface area (Å²) in [6.07, 6.45) is 0.530. The quantitative estimate of drug-likeness (QED) is 0.572. The molecule has 8 heteroatoms. The number of benzene rings is 2. The number of Topliss-reactive ketones (excluding diaryl/α,β-unsaturated/α-hetero) is 1. The second-order valence-electron chi connectivity index (χ2n) is 8.70. The van der Waals surface area contributed by atoms with Crippen LogP contribution in [0.4, 0.5) is 5.69 Å². The summed E-state index contributed by atoms with van der Waals surface area (Å²) >= 11 is 12.1. The Bertz CT molecular complexity index is 1020. The fourth-order valence-electron chi connectivity index (χ4n) is 3.91. The zero-order valence-electron chi connectivity index (χ0n) is 19.1. The first kappa shape index (κ1) is 25.1. The first-order chi connectivity index (χ1) is 15.7. The topological polar surface area (TPSA) is 69.7 Å². The van der Waals surface area contributed by atoms with Gasteiger partial charge in [-0.2, -0.15) is 0 Å². The van der Waals surface area contributed by atoms with E-state index in [1.165, 1.54) is 6.07 Å².